The maximum atomic E-state index is 12.7. The second kappa shape index (κ2) is 8.44. The van der Waals surface area contributed by atoms with Crippen molar-refractivity contribution in [2.24, 2.45) is 0 Å². The number of rotatable bonds is 6. The van der Waals surface area contributed by atoms with Gasteiger partial charge in [-0.2, -0.15) is 0 Å². The smallest absolute Gasteiger partial charge is 0.333 e. The number of piperazine rings is 1. The van der Waals surface area contributed by atoms with Gasteiger partial charge in [0.15, 0.2) is 5.54 Å². The number of carboxylic acid groups (broad SMARTS) is 1. The first-order valence-corrected chi connectivity index (χ1v) is 9.63. The molecule has 1 saturated heterocycles. The maximum absolute atomic E-state index is 12.7. The lowest BCUT2D eigenvalue weighted by Crippen LogP contribution is -2.49. The molecule has 2 aromatic rings. The topological polar surface area (TPSA) is 72.9 Å². The molecular formula is C22H27N3O3. The summed E-state index contributed by atoms with van der Waals surface area (Å²) < 4.78 is 0. The molecule has 0 aromatic heterocycles. The van der Waals surface area contributed by atoms with E-state index < -0.39 is 17.4 Å². The molecule has 0 bridgehead atoms. The summed E-state index contributed by atoms with van der Waals surface area (Å²) in [7, 11) is 0. The molecule has 1 heterocycles. The fourth-order valence-corrected chi connectivity index (χ4v) is 3.47. The number of carbonyl (C=O) groups is 2. The van der Waals surface area contributed by atoms with Crippen molar-refractivity contribution in [2.75, 3.05) is 37.6 Å². The van der Waals surface area contributed by atoms with Gasteiger partial charge in [0.25, 0.3) is 5.91 Å². The lowest BCUT2D eigenvalue weighted by atomic mass is 9.91. The summed E-state index contributed by atoms with van der Waals surface area (Å²) in [6.07, 6.45) is 0. The number of amides is 1. The number of hydrogen-bond acceptors (Lipinski definition) is 4. The van der Waals surface area contributed by atoms with Crippen LogP contribution in [0.5, 0.6) is 0 Å². The van der Waals surface area contributed by atoms with Crippen LogP contribution in [-0.2, 0) is 10.3 Å². The van der Waals surface area contributed by atoms with Gasteiger partial charge in [-0.15, -0.1) is 0 Å². The fourth-order valence-electron chi connectivity index (χ4n) is 3.47. The van der Waals surface area contributed by atoms with Gasteiger partial charge in [-0.3, -0.25) is 4.79 Å². The summed E-state index contributed by atoms with van der Waals surface area (Å²) in [5.74, 6) is -1.51. The van der Waals surface area contributed by atoms with E-state index in [0.29, 0.717) is 11.1 Å². The Morgan fingerprint density at radius 1 is 1.00 bits per heavy atom. The van der Waals surface area contributed by atoms with Crippen molar-refractivity contribution in [1.29, 1.82) is 0 Å². The molecule has 0 radical (unpaired) electrons. The fraction of sp³-hybridized carbons (Fsp3) is 0.364. The summed E-state index contributed by atoms with van der Waals surface area (Å²) in [5, 5.41) is 12.4. The van der Waals surface area contributed by atoms with Crippen molar-refractivity contribution in [3.63, 3.8) is 0 Å². The SMILES string of the molecule is CCN1CCN(c2ccc(C(=O)NC(C)(C(=O)O)c3ccccc3)cc2)CC1. The first-order chi connectivity index (χ1) is 13.4. The van der Waals surface area contributed by atoms with Gasteiger partial charge in [-0.05, 0) is 43.3 Å². The lowest BCUT2D eigenvalue weighted by molar-refractivity contribution is -0.144. The minimum absolute atomic E-state index is 0.406. The second-order valence-corrected chi connectivity index (χ2v) is 7.22. The van der Waals surface area contributed by atoms with Crippen LogP contribution in [0, 0.1) is 0 Å². The molecule has 1 aliphatic heterocycles. The average Bonchev–Trinajstić information content (AvgIpc) is 2.74. The molecule has 1 unspecified atom stereocenters. The Labute approximate surface area is 165 Å². The molecule has 6 nitrogen and oxygen atoms in total. The number of carboxylic acids is 1. The number of nitrogens with one attached hydrogen (secondary N) is 1. The van der Waals surface area contributed by atoms with Crippen molar-refractivity contribution in [1.82, 2.24) is 10.2 Å². The predicted molar refractivity (Wildman–Crippen MR) is 110 cm³/mol. The number of hydrogen-bond donors (Lipinski definition) is 2. The quantitative estimate of drug-likeness (QED) is 0.805. The molecule has 28 heavy (non-hydrogen) atoms. The highest BCUT2D eigenvalue weighted by Gasteiger charge is 2.37. The van der Waals surface area contributed by atoms with Crippen molar-refractivity contribution in [3.8, 4) is 0 Å². The molecular weight excluding hydrogens is 354 g/mol. The van der Waals surface area contributed by atoms with E-state index in [0.717, 1.165) is 38.4 Å². The number of benzene rings is 2. The van der Waals surface area contributed by atoms with E-state index in [4.69, 9.17) is 0 Å². The third-order valence-corrected chi connectivity index (χ3v) is 5.46. The first kappa shape index (κ1) is 19.9. The van der Waals surface area contributed by atoms with Crippen LogP contribution in [-0.4, -0.2) is 54.6 Å². The molecule has 3 rings (SSSR count). The highest BCUT2D eigenvalue weighted by molar-refractivity contribution is 5.98. The van der Waals surface area contributed by atoms with Crippen LogP contribution in [0.2, 0.25) is 0 Å². The van der Waals surface area contributed by atoms with Crippen LogP contribution in [0.3, 0.4) is 0 Å². The standard InChI is InChI=1S/C22H27N3O3/c1-3-24-13-15-25(16-14-24)19-11-9-17(10-12-19)20(26)23-22(2,21(27)28)18-7-5-4-6-8-18/h4-12H,3,13-16H2,1-2H3,(H,23,26)(H,27,28). The van der Waals surface area contributed by atoms with Gasteiger partial charge in [0.2, 0.25) is 0 Å². The van der Waals surface area contributed by atoms with Crippen molar-refractivity contribution < 1.29 is 14.7 Å². The summed E-state index contributed by atoms with van der Waals surface area (Å²) >= 11 is 0. The molecule has 1 fully saturated rings. The Balaban J connectivity index is 1.71. The predicted octanol–water partition coefficient (Wildman–Crippen LogP) is 2.56. The number of carbonyl (C=O) groups excluding carboxylic acids is 1. The van der Waals surface area contributed by atoms with E-state index in [1.54, 1.807) is 36.4 Å². The molecule has 1 aliphatic rings. The molecule has 1 amide bonds. The lowest BCUT2D eigenvalue weighted by Gasteiger charge is -2.35. The summed E-state index contributed by atoms with van der Waals surface area (Å²) in [6, 6.07) is 16.1. The number of anilines is 1. The number of nitrogens with zero attached hydrogens (tertiary/aromatic N) is 2. The Kier molecular flexibility index (Phi) is 5.99. The normalized spacial score (nSPS) is 17.0. The minimum atomic E-state index is -1.49. The molecule has 6 heteroatoms. The molecule has 2 N–H and O–H groups in total. The molecule has 0 aliphatic carbocycles. The minimum Gasteiger partial charge on any atom is -0.479 e. The largest absolute Gasteiger partial charge is 0.479 e. The zero-order valence-corrected chi connectivity index (χ0v) is 16.4. The monoisotopic (exact) mass is 381 g/mol. The van der Waals surface area contributed by atoms with Crippen LogP contribution >= 0.6 is 0 Å². The van der Waals surface area contributed by atoms with Gasteiger partial charge in [0.05, 0.1) is 0 Å². The Morgan fingerprint density at radius 2 is 1.61 bits per heavy atom. The molecule has 148 valence electrons. The van der Waals surface area contributed by atoms with Gasteiger partial charge in [0.1, 0.15) is 0 Å². The van der Waals surface area contributed by atoms with Gasteiger partial charge < -0.3 is 20.2 Å². The van der Waals surface area contributed by atoms with Gasteiger partial charge in [-0.1, -0.05) is 37.3 Å². The maximum Gasteiger partial charge on any atom is 0.333 e. The van der Waals surface area contributed by atoms with E-state index in [1.165, 1.54) is 6.92 Å². The van der Waals surface area contributed by atoms with Gasteiger partial charge in [-0.25, -0.2) is 4.79 Å². The highest BCUT2D eigenvalue weighted by Crippen LogP contribution is 2.23. The molecule has 2 aromatic carbocycles. The average molecular weight is 381 g/mol. The summed E-state index contributed by atoms with van der Waals surface area (Å²) in [4.78, 5) is 29.3. The van der Waals surface area contributed by atoms with E-state index in [-0.39, 0.29) is 0 Å². The van der Waals surface area contributed by atoms with E-state index >= 15 is 0 Å². The van der Waals surface area contributed by atoms with Crippen LogP contribution in [0.25, 0.3) is 0 Å². The summed E-state index contributed by atoms with van der Waals surface area (Å²) in [6.45, 7) is 8.73. The number of aliphatic carboxylic acids is 1. The zero-order valence-electron chi connectivity index (χ0n) is 16.4. The zero-order chi connectivity index (χ0) is 20.1. The Bertz CT molecular complexity index is 815. The van der Waals surface area contributed by atoms with E-state index in [2.05, 4.69) is 22.0 Å². The third kappa shape index (κ3) is 4.17. The first-order valence-electron chi connectivity index (χ1n) is 9.63. The van der Waals surface area contributed by atoms with Crippen molar-refractivity contribution in [3.05, 3.63) is 65.7 Å². The summed E-state index contributed by atoms with van der Waals surface area (Å²) in [5.41, 5.74) is 0.560. The van der Waals surface area contributed by atoms with Crippen LogP contribution in [0.4, 0.5) is 5.69 Å². The van der Waals surface area contributed by atoms with E-state index in [9.17, 15) is 14.7 Å². The number of likely N-dealkylation sites (N-methyl/N-ethyl adjacent to an activating group) is 1. The molecule has 1 atom stereocenters. The van der Waals surface area contributed by atoms with Crippen molar-refractivity contribution >= 4 is 17.6 Å². The highest BCUT2D eigenvalue weighted by atomic mass is 16.4. The van der Waals surface area contributed by atoms with Crippen LogP contribution in [0.1, 0.15) is 29.8 Å². The van der Waals surface area contributed by atoms with Crippen LogP contribution in [0.15, 0.2) is 54.6 Å². The van der Waals surface area contributed by atoms with Crippen molar-refractivity contribution in [2.45, 2.75) is 19.4 Å². The van der Waals surface area contributed by atoms with Crippen LogP contribution < -0.4 is 10.2 Å². The molecule has 0 spiro atoms. The van der Waals surface area contributed by atoms with Gasteiger partial charge in [0, 0.05) is 37.4 Å². The van der Waals surface area contributed by atoms with Gasteiger partial charge >= 0.3 is 5.97 Å². The molecule has 0 saturated carbocycles. The Morgan fingerprint density at radius 3 is 2.14 bits per heavy atom. The third-order valence-electron chi connectivity index (χ3n) is 5.46. The van der Waals surface area contributed by atoms with E-state index in [1.807, 2.05) is 18.2 Å². The second-order valence-electron chi connectivity index (χ2n) is 7.22. The Hall–Kier alpha value is -2.86.